The van der Waals surface area contributed by atoms with E-state index in [9.17, 15) is 4.79 Å². The molecule has 2 heterocycles. The number of nitrogens with zero attached hydrogens (tertiary/aromatic N) is 2. The lowest BCUT2D eigenvalue weighted by atomic mass is 9.99. The van der Waals surface area contributed by atoms with Crippen LogP contribution in [0.1, 0.15) is 11.1 Å². The number of amides is 1. The average Bonchev–Trinajstić information content (AvgIpc) is 2.99. The van der Waals surface area contributed by atoms with Crippen LogP contribution in [-0.2, 0) is 4.79 Å². The molecule has 1 amide bonds. The SMILES string of the molecule is COc1ccc2nc(N3CC(C(=O)Nc4c(C)cccc4C)C3)sc2c1. The van der Waals surface area contributed by atoms with E-state index < -0.39 is 0 Å². The smallest absolute Gasteiger partial charge is 0.231 e. The number of hydrogen-bond acceptors (Lipinski definition) is 5. The number of thiazole rings is 1. The molecule has 3 aromatic rings. The van der Waals surface area contributed by atoms with E-state index >= 15 is 0 Å². The Labute approximate surface area is 156 Å². The van der Waals surface area contributed by atoms with E-state index in [0.29, 0.717) is 13.1 Å². The molecule has 1 N–H and O–H groups in total. The van der Waals surface area contributed by atoms with Crippen LogP contribution in [0.5, 0.6) is 5.75 Å². The van der Waals surface area contributed by atoms with Gasteiger partial charge < -0.3 is 15.0 Å². The summed E-state index contributed by atoms with van der Waals surface area (Å²) in [5, 5.41) is 4.06. The van der Waals surface area contributed by atoms with Gasteiger partial charge in [-0.25, -0.2) is 4.98 Å². The molecule has 0 atom stereocenters. The van der Waals surface area contributed by atoms with Gasteiger partial charge in [-0.3, -0.25) is 4.79 Å². The molecule has 1 aliphatic rings. The third kappa shape index (κ3) is 3.01. The predicted octanol–water partition coefficient (Wildman–Crippen LogP) is 4.00. The standard InChI is InChI=1S/C20H21N3O2S/c1-12-5-4-6-13(2)18(12)22-19(24)14-10-23(11-14)20-21-16-8-7-15(25-3)9-17(16)26-20/h4-9,14H,10-11H2,1-3H3,(H,22,24). The van der Waals surface area contributed by atoms with Gasteiger partial charge in [-0.15, -0.1) is 0 Å². The Morgan fingerprint density at radius 2 is 1.96 bits per heavy atom. The Morgan fingerprint density at radius 1 is 1.23 bits per heavy atom. The van der Waals surface area contributed by atoms with Crippen molar-refractivity contribution in [1.29, 1.82) is 0 Å². The summed E-state index contributed by atoms with van der Waals surface area (Å²) in [6.07, 6.45) is 0. The number of methoxy groups -OCH3 is 1. The zero-order valence-electron chi connectivity index (χ0n) is 15.1. The van der Waals surface area contributed by atoms with E-state index in [4.69, 9.17) is 4.74 Å². The number of carbonyl (C=O) groups excluding carboxylic acids is 1. The molecule has 0 radical (unpaired) electrons. The molecule has 1 aromatic heterocycles. The van der Waals surface area contributed by atoms with Gasteiger partial charge in [0, 0.05) is 18.8 Å². The van der Waals surface area contributed by atoms with Crippen molar-refractivity contribution in [2.45, 2.75) is 13.8 Å². The molecule has 0 aliphatic carbocycles. The van der Waals surface area contributed by atoms with E-state index in [1.165, 1.54) is 0 Å². The Balaban J connectivity index is 1.43. The topological polar surface area (TPSA) is 54.5 Å². The van der Waals surface area contributed by atoms with Gasteiger partial charge in [0.05, 0.1) is 23.2 Å². The number of anilines is 2. The highest BCUT2D eigenvalue weighted by atomic mass is 32.1. The van der Waals surface area contributed by atoms with Gasteiger partial charge in [-0.05, 0) is 43.2 Å². The van der Waals surface area contributed by atoms with Gasteiger partial charge in [-0.2, -0.15) is 0 Å². The second-order valence-electron chi connectivity index (χ2n) is 6.69. The zero-order valence-corrected chi connectivity index (χ0v) is 15.9. The number of aryl methyl sites for hydroxylation is 2. The maximum atomic E-state index is 12.6. The summed E-state index contributed by atoms with van der Waals surface area (Å²) in [6, 6.07) is 11.9. The average molecular weight is 367 g/mol. The summed E-state index contributed by atoms with van der Waals surface area (Å²) >= 11 is 1.64. The molecular formula is C20H21N3O2S. The molecule has 0 bridgehead atoms. The monoisotopic (exact) mass is 367 g/mol. The van der Waals surface area contributed by atoms with Crippen LogP contribution >= 0.6 is 11.3 Å². The minimum Gasteiger partial charge on any atom is -0.497 e. The first-order valence-electron chi connectivity index (χ1n) is 8.62. The highest BCUT2D eigenvalue weighted by Gasteiger charge is 2.34. The third-order valence-electron chi connectivity index (χ3n) is 4.84. The second-order valence-corrected chi connectivity index (χ2v) is 7.70. The molecule has 4 rings (SSSR count). The van der Waals surface area contributed by atoms with Gasteiger partial charge in [0.15, 0.2) is 5.13 Å². The Bertz CT molecular complexity index is 956. The maximum Gasteiger partial charge on any atom is 0.231 e. The summed E-state index contributed by atoms with van der Waals surface area (Å²) in [5.41, 5.74) is 4.08. The quantitative estimate of drug-likeness (QED) is 0.757. The summed E-state index contributed by atoms with van der Waals surface area (Å²) in [7, 11) is 1.66. The lowest BCUT2D eigenvalue weighted by Crippen LogP contribution is -2.52. The summed E-state index contributed by atoms with van der Waals surface area (Å²) < 4.78 is 6.37. The minimum absolute atomic E-state index is 0.00412. The lowest BCUT2D eigenvalue weighted by Gasteiger charge is -2.38. The fourth-order valence-electron chi connectivity index (χ4n) is 3.19. The molecule has 134 valence electrons. The molecule has 1 saturated heterocycles. The molecule has 2 aromatic carbocycles. The number of fused-ring (bicyclic) bond motifs is 1. The van der Waals surface area contributed by atoms with Gasteiger partial charge in [-0.1, -0.05) is 29.5 Å². The zero-order chi connectivity index (χ0) is 18.3. The normalized spacial score (nSPS) is 14.3. The van der Waals surface area contributed by atoms with E-state index in [2.05, 4.69) is 15.2 Å². The number of benzene rings is 2. The largest absolute Gasteiger partial charge is 0.497 e. The van der Waals surface area contributed by atoms with Crippen molar-refractivity contribution in [3.05, 3.63) is 47.5 Å². The summed E-state index contributed by atoms with van der Waals surface area (Å²) in [6.45, 7) is 5.44. The number of nitrogens with one attached hydrogen (secondary N) is 1. The van der Waals surface area contributed by atoms with Crippen molar-refractivity contribution >= 4 is 38.3 Å². The van der Waals surface area contributed by atoms with Crippen LogP contribution in [0.25, 0.3) is 10.2 Å². The van der Waals surface area contributed by atoms with Crippen molar-refractivity contribution in [2.75, 3.05) is 30.4 Å². The molecule has 0 spiro atoms. The predicted molar refractivity (Wildman–Crippen MR) is 106 cm³/mol. The maximum absolute atomic E-state index is 12.6. The van der Waals surface area contributed by atoms with Crippen molar-refractivity contribution < 1.29 is 9.53 Å². The number of para-hydroxylation sites is 1. The van der Waals surface area contributed by atoms with Crippen molar-refractivity contribution in [3.63, 3.8) is 0 Å². The van der Waals surface area contributed by atoms with Crippen LogP contribution < -0.4 is 15.0 Å². The number of carbonyl (C=O) groups is 1. The van der Waals surface area contributed by atoms with Gasteiger partial charge >= 0.3 is 0 Å². The fraction of sp³-hybridized carbons (Fsp3) is 0.300. The van der Waals surface area contributed by atoms with Gasteiger partial charge in [0.1, 0.15) is 5.75 Å². The Kier molecular flexibility index (Phi) is 4.28. The number of rotatable bonds is 4. The molecule has 0 unspecified atom stereocenters. The van der Waals surface area contributed by atoms with E-state index in [0.717, 1.165) is 37.9 Å². The highest BCUT2D eigenvalue weighted by molar-refractivity contribution is 7.22. The molecule has 6 heteroatoms. The highest BCUT2D eigenvalue weighted by Crippen LogP contribution is 2.35. The van der Waals surface area contributed by atoms with Crippen molar-refractivity contribution in [2.24, 2.45) is 5.92 Å². The van der Waals surface area contributed by atoms with Crippen LogP contribution in [0.4, 0.5) is 10.8 Å². The number of aromatic nitrogens is 1. The Hall–Kier alpha value is -2.60. The molecule has 26 heavy (non-hydrogen) atoms. The van der Waals surface area contributed by atoms with Gasteiger partial charge in [0.2, 0.25) is 5.91 Å². The molecule has 1 fully saturated rings. The first-order chi connectivity index (χ1) is 12.5. The van der Waals surface area contributed by atoms with E-state index in [-0.39, 0.29) is 11.8 Å². The van der Waals surface area contributed by atoms with Gasteiger partial charge in [0.25, 0.3) is 0 Å². The number of hydrogen-bond donors (Lipinski definition) is 1. The summed E-state index contributed by atoms with van der Waals surface area (Å²) in [4.78, 5) is 19.4. The molecular weight excluding hydrogens is 346 g/mol. The Morgan fingerprint density at radius 3 is 2.65 bits per heavy atom. The van der Waals surface area contributed by atoms with E-state index in [1.54, 1.807) is 18.4 Å². The first kappa shape index (κ1) is 16.8. The lowest BCUT2D eigenvalue weighted by molar-refractivity contribution is -0.120. The molecule has 0 saturated carbocycles. The van der Waals surface area contributed by atoms with E-state index in [1.807, 2.05) is 50.2 Å². The van der Waals surface area contributed by atoms with Crippen molar-refractivity contribution in [3.8, 4) is 5.75 Å². The van der Waals surface area contributed by atoms with Crippen LogP contribution in [0, 0.1) is 19.8 Å². The third-order valence-corrected chi connectivity index (χ3v) is 5.92. The fourth-order valence-corrected chi connectivity index (χ4v) is 4.20. The van der Waals surface area contributed by atoms with Crippen LogP contribution in [0.2, 0.25) is 0 Å². The van der Waals surface area contributed by atoms with Crippen LogP contribution in [0.15, 0.2) is 36.4 Å². The summed E-state index contributed by atoms with van der Waals surface area (Å²) in [5.74, 6) is 0.916. The van der Waals surface area contributed by atoms with Crippen molar-refractivity contribution in [1.82, 2.24) is 4.98 Å². The molecule has 1 aliphatic heterocycles. The van der Waals surface area contributed by atoms with Crippen LogP contribution in [0.3, 0.4) is 0 Å². The minimum atomic E-state index is -0.00412. The second kappa shape index (κ2) is 6.61. The number of ether oxygens (including phenoxy) is 1. The molecule has 5 nitrogen and oxygen atoms in total. The van der Waals surface area contributed by atoms with Crippen LogP contribution in [-0.4, -0.2) is 31.1 Å². The first-order valence-corrected chi connectivity index (χ1v) is 9.43.